The summed E-state index contributed by atoms with van der Waals surface area (Å²) in [6.45, 7) is 5.97. The molecule has 2 aliphatic rings. The van der Waals surface area contributed by atoms with E-state index in [0.717, 1.165) is 26.1 Å². The van der Waals surface area contributed by atoms with E-state index in [1.54, 1.807) is 0 Å². The van der Waals surface area contributed by atoms with Gasteiger partial charge in [0.05, 0.1) is 6.04 Å². The highest BCUT2D eigenvalue weighted by Gasteiger charge is 2.39. The molecule has 2 rings (SSSR count). The molecule has 3 unspecified atom stereocenters. The zero-order valence-electron chi connectivity index (χ0n) is 12.5. The van der Waals surface area contributed by atoms with Crippen LogP contribution in [0.4, 0.5) is 4.79 Å². The molecule has 0 aromatic rings. The van der Waals surface area contributed by atoms with E-state index in [-0.39, 0.29) is 12.1 Å². The SMILES string of the molecule is CC(N)CCN1CC(C2CCCN(C)C2)N(C)C1=O. The second-order valence-electron chi connectivity index (χ2n) is 6.34. The summed E-state index contributed by atoms with van der Waals surface area (Å²) in [6, 6.07) is 0.722. The highest BCUT2D eigenvalue weighted by atomic mass is 16.2. The molecule has 2 N–H and O–H groups in total. The van der Waals surface area contributed by atoms with Crippen LogP contribution in [-0.4, -0.2) is 73.1 Å². The second kappa shape index (κ2) is 6.09. The first-order valence-corrected chi connectivity index (χ1v) is 7.45. The highest BCUT2D eigenvalue weighted by molar-refractivity contribution is 5.76. The van der Waals surface area contributed by atoms with E-state index in [4.69, 9.17) is 5.73 Å². The smallest absolute Gasteiger partial charge is 0.320 e. The van der Waals surface area contributed by atoms with Gasteiger partial charge in [0.2, 0.25) is 0 Å². The third-order valence-corrected chi connectivity index (χ3v) is 4.54. The number of hydrogen-bond acceptors (Lipinski definition) is 3. The lowest BCUT2D eigenvalue weighted by Crippen LogP contribution is -2.44. The Morgan fingerprint density at radius 3 is 2.74 bits per heavy atom. The Labute approximate surface area is 116 Å². The minimum absolute atomic E-state index is 0.165. The summed E-state index contributed by atoms with van der Waals surface area (Å²) in [5.74, 6) is 0.619. The van der Waals surface area contributed by atoms with Crippen LogP contribution in [-0.2, 0) is 0 Å². The molecule has 5 nitrogen and oxygen atoms in total. The first-order valence-electron chi connectivity index (χ1n) is 7.45. The first-order chi connectivity index (χ1) is 8.99. The van der Waals surface area contributed by atoms with Gasteiger partial charge in [-0.1, -0.05) is 0 Å². The van der Waals surface area contributed by atoms with Gasteiger partial charge in [-0.15, -0.1) is 0 Å². The molecular weight excluding hydrogens is 240 g/mol. The average Bonchev–Trinajstić information content (AvgIpc) is 2.64. The summed E-state index contributed by atoms with van der Waals surface area (Å²) in [6.07, 6.45) is 3.38. The Hall–Kier alpha value is -0.810. The molecule has 19 heavy (non-hydrogen) atoms. The number of hydrogen-bond donors (Lipinski definition) is 1. The van der Waals surface area contributed by atoms with E-state index in [9.17, 15) is 4.79 Å². The van der Waals surface area contributed by atoms with Crippen LogP contribution in [0.5, 0.6) is 0 Å². The van der Waals surface area contributed by atoms with Crippen LogP contribution >= 0.6 is 0 Å². The molecule has 2 heterocycles. The van der Waals surface area contributed by atoms with Crippen molar-refractivity contribution in [3.8, 4) is 0 Å². The maximum atomic E-state index is 12.2. The third kappa shape index (κ3) is 3.39. The largest absolute Gasteiger partial charge is 0.328 e. The number of likely N-dealkylation sites (N-methyl/N-ethyl adjacent to an activating group) is 1. The van der Waals surface area contributed by atoms with Crippen LogP contribution in [0.25, 0.3) is 0 Å². The molecule has 2 aliphatic heterocycles. The van der Waals surface area contributed by atoms with Gasteiger partial charge >= 0.3 is 6.03 Å². The number of nitrogens with two attached hydrogens (primary N) is 1. The van der Waals surface area contributed by atoms with Crippen molar-refractivity contribution in [3.05, 3.63) is 0 Å². The monoisotopic (exact) mass is 268 g/mol. The number of rotatable bonds is 4. The van der Waals surface area contributed by atoms with Crippen LogP contribution < -0.4 is 5.73 Å². The predicted octanol–water partition coefficient (Wildman–Crippen LogP) is 0.802. The van der Waals surface area contributed by atoms with E-state index in [0.29, 0.717) is 12.0 Å². The standard InChI is InChI=1S/C14H28N4O/c1-11(15)6-8-18-10-13(17(3)14(18)19)12-5-4-7-16(2)9-12/h11-13H,4-10,15H2,1-3H3. The summed E-state index contributed by atoms with van der Waals surface area (Å²) in [5.41, 5.74) is 5.79. The molecule has 2 fully saturated rings. The molecule has 5 heteroatoms. The van der Waals surface area contributed by atoms with Gasteiger partial charge in [0.25, 0.3) is 0 Å². The Bertz CT molecular complexity index is 321. The summed E-state index contributed by atoms with van der Waals surface area (Å²) in [5, 5.41) is 0. The van der Waals surface area contributed by atoms with Crippen LogP contribution in [0.15, 0.2) is 0 Å². The fraction of sp³-hybridized carbons (Fsp3) is 0.929. The molecule has 3 atom stereocenters. The van der Waals surface area contributed by atoms with Gasteiger partial charge in [0, 0.05) is 32.7 Å². The molecule has 110 valence electrons. The first kappa shape index (κ1) is 14.6. The van der Waals surface area contributed by atoms with E-state index in [1.165, 1.54) is 19.4 Å². The van der Waals surface area contributed by atoms with Gasteiger partial charge < -0.3 is 20.4 Å². The lowest BCUT2D eigenvalue weighted by Gasteiger charge is -2.35. The molecule has 0 aliphatic carbocycles. The number of piperidine rings is 1. The zero-order chi connectivity index (χ0) is 14.0. The summed E-state index contributed by atoms with van der Waals surface area (Å²) >= 11 is 0. The number of urea groups is 1. The van der Waals surface area contributed by atoms with Crippen molar-refractivity contribution in [2.45, 2.75) is 38.3 Å². The molecule has 0 spiro atoms. The molecular formula is C14H28N4O. The zero-order valence-corrected chi connectivity index (χ0v) is 12.5. The van der Waals surface area contributed by atoms with Crippen LogP contribution in [0.3, 0.4) is 0 Å². The molecule has 0 radical (unpaired) electrons. The highest BCUT2D eigenvalue weighted by Crippen LogP contribution is 2.27. The van der Waals surface area contributed by atoms with Gasteiger partial charge in [-0.3, -0.25) is 0 Å². The third-order valence-electron chi connectivity index (χ3n) is 4.54. The van der Waals surface area contributed by atoms with Crippen LogP contribution in [0.1, 0.15) is 26.2 Å². The molecule has 0 aromatic heterocycles. The van der Waals surface area contributed by atoms with Crippen molar-refractivity contribution in [2.75, 3.05) is 40.3 Å². The van der Waals surface area contributed by atoms with Gasteiger partial charge in [-0.05, 0) is 45.7 Å². The maximum absolute atomic E-state index is 12.2. The number of amides is 2. The minimum atomic E-state index is 0.165. The quantitative estimate of drug-likeness (QED) is 0.820. The van der Waals surface area contributed by atoms with E-state index >= 15 is 0 Å². The number of nitrogens with zero attached hydrogens (tertiary/aromatic N) is 3. The van der Waals surface area contributed by atoms with E-state index in [2.05, 4.69) is 11.9 Å². The topological polar surface area (TPSA) is 52.8 Å². The average molecular weight is 268 g/mol. The van der Waals surface area contributed by atoms with E-state index in [1.807, 2.05) is 23.8 Å². The lowest BCUT2D eigenvalue weighted by molar-refractivity contribution is 0.141. The summed E-state index contributed by atoms with van der Waals surface area (Å²) in [4.78, 5) is 18.6. The van der Waals surface area contributed by atoms with Gasteiger partial charge in [0.15, 0.2) is 0 Å². The normalized spacial score (nSPS) is 31.1. The van der Waals surface area contributed by atoms with Crippen molar-refractivity contribution in [1.82, 2.24) is 14.7 Å². The fourth-order valence-corrected chi connectivity index (χ4v) is 3.32. The van der Waals surface area contributed by atoms with Gasteiger partial charge in [-0.2, -0.15) is 0 Å². The van der Waals surface area contributed by atoms with Crippen molar-refractivity contribution in [1.29, 1.82) is 0 Å². The Balaban J connectivity index is 1.93. The number of carbonyl (C=O) groups excluding carboxylic acids is 1. The van der Waals surface area contributed by atoms with E-state index < -0.39 is 0 Å². The van der Waals surface area contributed by atoms with Crippen molar-refractivity contribution in [2.24, 2.45) is 11.7 Å². The van der Waals surface area contributed by atoms with Crippen molar-refractivity contribution >= 4 is 6.03 Å². The van der Waals surface area contributed by atoms with Gasteiger partial charge in [-0.25, -0.2) is 4.79 Å². The molecule has 2 saturated heterocycles. The lowest BCUT2D eigenvalue weighted by atomic mass is 9.90. The summed E-state index contributed by atoms with van der Waals surface area (Å²) in [7, 11) is 4.13. The Morgan fingerprint density at radius 2 is 2.11 bits per heavy atom. The fourth-order valence-electron chi connectivity index (χ4n) is 3.32. The minimum Gasteiger partial charge on any atom is -0.328 e. The van der Waals surface area contributed by atoms with Crippen molar-refractivity contribution in [3.63, 3.8) is 0 Å². The molecule has 0 bridgehead atoms. The van der Waals surface area contributed by atoms with Gasteiger partial charge in [0.1, 0.15) is 0 Å². The van der Waals surface area contributed by atoms with Crippen LogP contribution in [0, 0.1) is 5.92 Å². The molecule has 0 aromatic carbocycles. The number of carbonyl (C=O) groups is 1. The Morgan fingerprint density at radius 1 is 1.37 bits per heavy atom. The molecule has 2 amide bonds. The predicted molar refractivity (Wildman–Crippen MR) is 77.0 cm³/mol. The maximum Gasteiger partial charge on any atom is 0.320 e. The van der Waals surface area contributed by atoms with Crippen molar-refractivity contribution < 1.29 is 4.79 Å². The number of likely N-dealkylation sites (tertiary alicyclic amines) is 1. The summed E-state index contributed by atoms with van der Waals surface area (Å²) < 4.78 is 0. The Kier molecular flexibility index (Phi) is 4.68. The van der Waals surface area contributed by atoms with Crippen LogP contribution in [0.2, 0.25) is 0 Å². The molecule has 0 saturated carbocycles. The second-order valence-corrected chi connectivity index (χ2v) is 6.34.